The molecule has 1 aromatic heterocycles. The molecule has 0 unspecified atom stereocenters. The Kier molecular flexibility index (Phi) is 5.55. The lowest BCUT2D eigenvalue weighted by Gasteiger charge is -2.32. The summed E-state index contributed by atoms with van der Waals surface area (Å²) in [5.74, 6) is 1.23. The Hall–Kier alpha value is -2.54. The highest BCUT2D eigenvalue weighted by atomic mass is 16.5. The second-order valence-electron chi connectivity index (χ2n) is 6.10. The molecule has 1 amide bonds. The van der Waals surface area contributed by atoms with E-state index in [-0.39, 0.29) is 5.91 Å². The second-order valence-corrected chi connectivity index (χ2v) is 6.10. The number of piperidine rings is 1. The molecule has 0 atom stereocenters. The molecule has 0 aliphatic carbocycles. The maximum atomic E-state index is 12.8. The summed E-state index contributed by atoms with van der Waals surface area (Å²) in [7, 11) is 3.16. The first-order valence-electron chi connectivity index (χ1n) is 8.44. The van der Waals surface area contributed by atoms with Gasteiger partial charge in [0.05, 0.1) is 19.8 Å². The minimum Gasteiger partial charge on any atom is -0.497 e. The zero-order valence-electron chi connectivity index (χ0n) is 14.6. The highest BCUT2D eigenvalue weighted by molar-refractivity contribution is 5.97. The molecule has 0 spiro atoms. The van der Waals surface area contributed by atoms with Crippen molar-refractivity contribution >= 4 is 5.91 Å². The zero-order valence-corrected chi connectivity index (χ0v) is 14.6. The van der Waals surface area contributed by atoms with Crippen LogP contribution in [0.5, 0.6) is 11.5 Å². The van der Waals surface area contributed by atoms with Crippen LogP contribution in [0.4, 0.5) is 0 Å². The van der Waals surface area contributed by atoms with E-state index in [1.54, 1.807) is 38.6 Å². The normalized spacial score (nSPS) is 15.2. The molecule has 0 radical (unpaired) electrons. The topological polar surface area (TPSA) is 79.5 Å². The number of ether oxygens (including phenoxy) is 2. The highest BCUT2D eigenvalue weighted by Crippen LogP contribution is 2.26. The van der Waals surface area contributed by atoms with Gasteiger partial charge in [0.25, 0.3) is 5.91 Å². The monoisotopic (exact) mass is 344 g/mol. The first-order chi connectivity index (χ1) is 12.2. The zero-order chi connectivity index (χ0) is 17.6. The predicted molar refractivity (Wildman–Crippen MR) is 93.9 cm³/mol. The van der Waals surface area contributed by atoms with Gasteiger partial charge < -0.3 is 19.7 Å². The summed E-state index contributed by atoms with van der Waals surface area (Å²) < 4.78 is 10.5. The van der Waals surface area contributed by atoms with Crippen molar-refractivity contribution in [2.45, 2.75) is 25.4 Å². The van der Waals surface area contributed by atoms with Gasteiger partial charge in [-0.3, -0.25) is 9.89 Å². The largest absolute Gasteiger partial charge is 0.497 e. The molecule has 2 heterocycles. The summed E-state index contributed by atoms with van der Waals surface area (Å²) in [6, 6.07) is 7.66. The number of H-pyrrole nitrogens is 1. The van der Waals surface area contributed by atoms with Gasteiger partial charge in [-0.1, -0.05) is 0 Å². The fourth-order valence-corrected chi connectivity index (χ4v) is 3.07. The van der Waals surface area contributed by atoms with E-state index in [2.05, 4.69) is 15.5 Å². The number of likely N-dealkylation sites (tertiary alicyclic amines) is 1. The summed E-state index contributed by atoms with van der Waals surface area (Å²) in [4.78, 5) is 14.7. The molecule has 2 N–H and O–H groups in total. The number of hydrogen-bond donors (Lipinski definition) is 2. The minimum absolute atomic E-state index is 0.00604. The van der Waals surface area contributed by atoms with E-state index in [0.29, 0.717) is 23.1 Å². The maximum Gasteiger partial charge on any atom is 0.257 e. The van der Waals surface area contributed by atoms with Crippen LogP contribution in [0.2, 0.25) is 0 Å². The quantitative estimate of drug-likeness (QED) is 0.836. The number of carbonyl (C=O) groups excluding carboxylic acids is 1. The van der Waals surface area contributed by atoms with Crippen LogP contribution in [0, 0.1) is 0 Å². The lowest BCUT2D eigenvalue weighted by molar-refractivity contribution is 0.0701. The van der Waals surface area contributed by atoms with Crippen molar-refractivity contribution in [3.63, 3.8) is 0 Å². The minimum atomic E-state index is 0.00604. The maximum absolute atomic E-state index is 12.8. The van der Waals surface area contributed by atoms with Crippen molar-refractivity contribution in [3.05, 3.63) is 41.7 Å². The van der Waals surface area contributed by atoms with Crippen molar-refractivity contribution in [2.24, 2.45) is 0 Å². The van der Waals surface area contributed by atoms with Gasteiger partial charge in [-0.2, -0.15) is 5.10 Å². The third-order valence-electron chi connectivity index (χ3n) is 4.56. The van der Waals surface area contributed by atoms with E-state index in [1.165, 1.54) is 0 Å². The molecule has 0 saturated carbocycles. The molecule has 1 aromatic carbocycles. The Labute approximate surface area is 147 Å². The molecule has 7 heteroatoms. The molecular formula is C18H24N4O3. The number of aromatic nitrogens is 2. The van der Waals surface area contributed by atoms with Crippen molar-refractivity contribution in [3.8, 4) is 11.5 Å². The van der Waals surface area contributed by atoms with Gasteiger partial charge in [-0.25, -0.2) is 0 Å². The van der Waals surface area contributed by atoms with Crippen LogP contribution >= 0.6 is 0 Å². The number of nitrogens with zero attached hydrogens (tertiary/aromatic N) is 2. The molecule has 0 bridgehead atoms. The third-order valence-corrected chi connectivity index (χ3v) is 4.56. The fraction of sp³-hybridized carbons (Fsp3) is 0.444. The Bertz CT molecular complexity index is 694. The molecule has 1 aliphatic rings. The molecule has 1 aliphatic heterocycles. The Morgan fingerprint density at radius 3 is 2.72 bits per heavy atom. The summed E-state index contributed by atoms with van der Waals surface area (Å²) in [5, 5.41) is 10.4. The Morgan fingerprint density at radius 1 is 1.28 bits per heavy atom. The molecule has 134 valence electrons. The van der Waals surface area contributed by atoms with Gasteiger partial charge in [-0.15, -0.1) is 0 Å². The van der Waals surface area contributed by atoms with Crippen LogP contribution < -0.4 is 14.8 Å². The lowest BCUT2D eigenvalue weighted by atomic mass is 10.0. The van der Waals surface area contributed by atoms with Crippen molar-refractivity contribution < 1.29 is 14.3 Å². The number of amides is 1. The van der Waals surface area contributed by atoms with Crippen LogP contribution in [0.1, 0.15) is 28.9 Å². The summed E-state index contributed by atoms with van der Waals surface area (Å²) >= 11 is 0. The van der Waals surface area contributed by atoms with Crippen molar-refractivity contribution in [1.29, 1.82) is 0 Å². The van der Waals surface area contributed by atoms with Crippen molar-refractivity contribution in [1.82, 2.24) is 20.4 Å². The standard InChI is InChI=1S/C18H24N4O3/c1-24-15-3-4-16(17(11-15)25-2)18(23)22-9-6-13(7-10-22)19-12-14-5-8-20-21-14/h3-5,8,11,13,19H,6-7,9-10,12H2,1-2H3,(H,20,21). The molecule has 7 nitrogen and oxygen atoms in total. The number of benzene rings is 1. The van der Waals surface area contributed by atoms with Gasteiger partial charge in [0.1, 0.15) is 11.5 Å². The Morgan fingerprint density at radius 2 is 2.08 bits per heavy atom. The fourth-order valence-electron chi connectivity index (χ4n) is 3.07. The molecule has 2 aromatic rings. The molecule has 25 heavy (non-hydrogen) atoms. The number of hydrogen-bond acceptors (Lipinski definition) is 5. The first-order valence-corrected chi connectivity index (χ1v) is 8.44. The van der Waals surface area contributed by atoms with E-state index < -0.39 is 0 Å². The predicted octanol–water partition coefficient (Wildman–Crippen LogP) is 1.82. The second kappa shape index (κ2) is 8.02. The molecule has 3 rings (SSSR count). The SMILES string of the molecule is COc1ccc(C(=O)N2CCC(NCc3ccn[nH]3)CC2)c(OC)c1. The number of aromatic amines is 1. The van der Waals surface area contributed by atoms with E-state index >= 15 is 0 Å². The number of rotatable bonds is 6. The number of carbonyl (C=O) groups is 1. The first kappa shape index (κ1) is 17.3. The van der Waals surface area contributed by atoms with Gasteiger partial charge in [0.2, 0.25) is 0 Å². The third kappa shape index (κ3) is 4.11. The average Bonchev–Trinajstić information content (AvgIpc) is 3.19. The van der Waals surface area contributed by atoms with E-state index in [9.17, 15) is 4.79 Å². The van der Waals surface area contributed by atoms with Gasteiger partial charge >= 0.3 is 0 Å². The number of nitrogens with one attached hydrogen (secondary N) is 2. The molecule has 1 fully saturated rings. The van der Waals surface area contributed by atoms with Gasteiger partial charge in [0, 0.05) is 43.6 Å². The lowest BCUT2D eigenvalue weighted by Crippen LogP contribution is -2.44. The van der Waals surface area contributed by atoms with Crippen LogP contribution in [0.3, 0.4) is 0 Å². The average molecular weight is 344 g/mol. The molecular weight excluding hydrogens is 320 g/mol. The summed E-state index contributed by atoms with van der Waals surface area (Å²) in [6.45, 7) is 2.23. The smallest absolute Gasteiger partial charge is 0.257 e. The van der Waals surface area contributed by atoms with Crippen molar-refractivity contribution in [2.75, 3.05) is 27.3 Å². The van der Waals surface area contributed by atoms with E-state index in [1.807, 2.05) is 11.0 Å². The van der Waals surface area contributed by atoms with Gasteiger partial charge in [-0.05, 0) is 31.0 Å². The Balaban J connectivity index is 1.56. The van der Waals surface area contributed by atoms with Crippen LogP contribution in [0.15, 0.2) is 30.5 Å². The molecule has 1 saturated heterocycles. The van der Waals surface area contributed by atoms with Crippen LogP contribution in [-0.2, 0) is 6.54 Å². The van der Waals surface area contributed by atoms with E-state index in [4.69, 9.17) is 9.47 Å². The van der Waals surface area contributed by atoms with Crippen LogP contribution in [0.25, 0.3) is 0 Å². The number of methoxy groups -OCH3 is 2. The summed E-state index contributed by atoms with van der Waals surface area (Å²) in [5.41, 5.74) is 1.65. The summed E-state index contributed by atoms with van der Waals surface area (Å²) in [6.07, 6.45) is 3.61. The van der Waals surface area contributed by atoms with E-state index in [0.717, 1.165) is 38.2 Å². The highest BCUT2D eigenvalue weighted by Gasteiger charge is 2.25. The van der Waals surface area contributed by atoms with Crippen LogP contribution in [-0.4, -0.2) is 54.4 Å². The van der Waals surface area contributed by atoms with Gasteiger partial charge in [0.15, 0.2) is 0 Å².